The number of benzene rings is 1. The highest BCUT2D eigenvalue weighted by atomic mass is 16.4. The summed E-state index contributed by atoms with van der Waals surface area (Å²) in [5.41, 5.74) is 2.19. The van der Waals surface area contributed by atoms with Crippen LogP contribution in [0.4, 0.5) is 0 Å². The van der Waals surface area contributed by atoms with Crippen LogP contribution in [-0.4, -0.2) is 40.5 Å². The quantitative estimate of drug-likeness (QED) is 0.916. The Hall–Kier alpha value is -2.43. The van der Waals surface area contributed by atoms with Crippen molar-refractivity contribution in [2.24, 2.45) is 0 Å². The number of rotatable bonds is 5. The topological polar surface area (TPSA) is 70.5 Å². The van der Waals surface area contributed by atoms with Crippen molar-refractivity contribution < 1.29 is 14.7 Å². The number of carboxylic acids is 1. The fourth-order valence-corrected chi connectivity index (χ4v) is 2.26. The summed E-state index contributed by atoms with van der Waals surface area (Å²) in [5, 5.41) is 9.47. The molecule has 2 rings (SSSR count). The third-order valence-corrected chi connectivity index (χ3v) is 3.31. The summed E-state index contributed by atoms with van der Waals surface area (Å²) in [6.07, 6.45) is 0.507. The summed E-state index contributed by atoms with van der Waals surface area (Å²) in [4.78, 5) is 29.0. The maximum Gasteiger partial charge on any atom is 0.303 e. The van der Waals surface area contributed by atoms with Crippen LogP contribution in [0.15, 0.2) is 30.3 Å². The Balaban J connectivity index is 2.24. The van der Waals surface area contributed by atoms with E-state index in [9.17, 15) is 9.59 Å². The standard InChI is InChI=1S/C16H18N2O3/c1-11-10-13(12-6-3-4-7-14(12)17-11)16(21)18(2)9-5-8-15(19)20/h3-4,6-7,10H,5,8-9H2,1-2H3,(H,19,20). The van der Waals surface area contributed by atoms with Gasteiger partial charge in [-0.1, -0.05) is 18.2 Å². The molecular formula is C16H18N2O3. The van der Waals surface area contributed by atoms with E-state index in [2.05, 4.69) is 4.98 Å². The zero-order valence-electron chi connectivity index (χ0n) is 12.2. The lowest BCUT2D eigenvalue weighted by atomic mass is 10.1. The SMILES string of the molecule is Cc1cc(C(=O)N(C)CCCC(=O)O)c2ccccc2n1. The second kappa shape index (κ2) is 6.35. The molecule has 2 aromatic rings. The third-order valence-electron chi connectivity index (χ3n) is 3.31. The maximum atomic E-state index is 12.5. The van der Waals surface area contributed by atoms with Crippen LogP contribution in [0, 0.1) is 6.92 Å². The average molecular weight is 286 g/mol. The molecule has 0 saturated carbocycles. The molecule has 0 unspecified atom stereocenters. The van der Waals surface area contributed by atoms with Gasteiger partial charge in [-0.25, -0.2) is 0 Å². The van der Waals surface area contributed by atoms with Gasteiger partial charge in [0, 0.05) is 31.1 Å². The highest BCUT2D eigenvalue weighted by molar-refractivity contribution is 6.06. The summed E-state index contributed by atoms with van der Waals surface area (Å²) < 4.78 is 0. The molecule has 0 aliphatic rings. The lowest BCUT2D eigenvalue weighted by Crippen LogP contribution is -2.28. The normalized spacial score (nSPS) is 10.6. The predicted molar refractivity (Wildman–Crippen MR) is 80.3 cm³/mol. The van der Waals surface area contributed by atoms with Crippen LogP contribution in [0.3, 0.4) is 0 Å². The number of carbonyl (C=O) groups is 2. The van der Waals surface area contributed by atoms with Crippen molar-refractivity contribution in [1.82, 2.24) is 9.88 Å². The molecule has 0 saturated heterocycles. The summed E-state index contributed by atoms with van der Waals surface area (Å²) in [6, 6.07) is 9.29. The largest absolute Gasteiger partial charge is 0.481 e. The van der Waals surface area contributed by atoms with Crippen LogP contribution in [0.2, 0.25) is 0 Å². The van der Waals surface area contributed by atoms with Gasteiger partial charge in [-0.15, -0.1) is 0 Å². The summed E-state index contributed by atoms with van der Waals surface area (Å²) in [5.74, 6) is -0.955. The van der Waals surface area contributed by atoms with Crippen LogP contribution in [0.25, 0.3) is 10.9 Å². The van der Waals surface area contributed by atoms with E-state index in [4.69, 9.17) is 5.11 Å². The molecule has 1 aromatic heterocycles. The molecule has 0 aliphatic carbocycles. The molecular weight excluding hydrogens is 268 g/mol. The minimum atomic E-state index is -0.846. The van der Waals surface area contributed by atoms with Gasteiger partial charge in [-0.05, 0) is 25.5 Å². The molecule has 1 aromatic carbocycles. The smallest absolute Gasteiger partial charge is 0.303 e. The van der Waals surface area contributed by atoms with E-state index in [1.807, 2.05) is 31.2 Å². The Morgan fingerprint density at radius 3 is 2.71 bits per heavy atom. The molecule has 0 bridgehead atoms. The van der Waals surface area contributed by atoms with Crippen molar-refractivity contribution in [3.05, 3.63) is 41.6 Å². The Labute approximate surface area is 123 Å². The first-order chi connectivity index (χ1) is 9.99. The van der Waals surface area contributed by atoms with Crippen LogP contribution >= 0.6 is 0 Å². The molecule has 5 nitrogen and oxygen atoms in total. The Morgan fingerprint density at radius 2 is 2.00 bits per heavy atom. The van der Waals surface area contributed by atoms with Crippen LogP contribution in [0.5, 0.6) is 0 Å². The number of pyridine rings is 1. The first-order valence-electron chi connectivity index (χ1n) is 6.82. The number of carbonyl (C=O) groups excluding carboxylic acids is 1. The van der Waals surface area contributed by atoms with Crippen molar-refractivity contribution in [2.75, 3.05) is 13.6 Å². The number of fused-ring (bicyclic) bond motifs is 1. The number of hydrogen-bond donors (Lipinski definition) is 1. The summed E-state index contributed by atoms with van der Waals surface area (Å²) >= 11 is 0. The van der Waals surface area contributed by atoms with Gasteiger partial charge in [0.1, 0.15) is 0 Å². The van der Waals surface area contributed by atoms with Gasteiger partial charge in [0.15, 0.2) is 0 Å². The van der Waals surface area contributed by atoms with E-state index in [1.165, 1.54) is 0 Å². The molecule has 110 valence electrons. The highest BCUT2D eigenvalue weighted by Crippen LogP contribution is 2.19. The number of aromatic nitrogens is 1. The van der Waals surface area contributed by atoms with Crippen molar-refractivity contribution in [3.63, 3.8) is 0 Å². The lowest BCUT2D eigenvalue weighted by Gasteiger charge is -2.18. The van der Waals surface area contributed by atoms with Crippen molar-refractivity contribution in [3.8, 4) is 0 Å². The fourth-order valence-electron chi connectivity index (χ4n) is 2.26. The zero-order valence-corrected chi connectivity index (χ0v) is 12.2. The van der Waals surface area contributed by atoms with E-state index < -0.39 is 5.97 Å². The monoisotopic (exact) mass is 286 g/mol. The fraction of sp³-hybridized carbons (Fsp3) is 0.312. The molecule has 1 heterocycles. The van der Waals surface area contributed by atoms with E-state index in [0.717, 1.165) is 16.6 Å². The molecule has 0 fully saturated rings. The van der Waals surface area contributed by atoms with Gasteiger partial charge in [0.05, 0.1) is 11.1 Å². The minimum Gasteiger partial charge on any atom is -0.481 e. The van der Waals surface area contributed by atoms with Crippen molar-refractivity contribution >= 4 is 22.8 Å². The van der Waals surface area contributed by atoms with E-state index >= 15 is 0 Å². The number of para-hydroxylation sites is 1. The molecule has 21 heavy (non-hydrogen) atoms. The second-order valence-electron chi connectivity index (χ2n) is 5.05. The van der Waals surface area contributed by atoms with Gasteiger partial charge in [0.2, 0.25) is 0 Å². The average Bonchev–Trinajstić information content (AvgIpc) is 2.45. The van der Waals surface area contributed by atoms with E-state index in [1.54, 1.807) is 18.0 Å². The van der Waals surface area contributed by atoms with E-state index in [0.29, 0.717) is 18.5 Å². The third kappa shape index (κ3) is 3.56. The maximum absolute atomic E-state index is 12.5. The van der Waals surface area contributed by atoms with Crippen LogP contribution in [0.1, 0.15) is 28.9 Å². The molecule has 1 amide bonds. The molecule has 5 heteroatoms. The predicted octanol–water partition coefficient (Wildman–Crippen LogP) is 2.48. The number of amides is 1. The van der Waals surface area contributed by atoms with Crippen LogP contribution < -0.4 is 0 Å². The number of nitrogens with zero attached hydrogens (tertiary/aromatic N) is 2. The van der Waals surface area contributed by atoms with E-state index in [-0.39, 0.29) is 12.3 Å². The van der Waals surface area contributed by atoms with Gasteiger partial charge in [0.25, 0.3) is 5.91 Å². The second-order valence-corrected chi connectivity index (χ2v) is 5.05. The number of carboxylic acid groups (broad SMARTS) is 1. The Morgan fingerprint density at radius 1 is 1.29 bits per heavy atom. The minimum absolute atomic E-state index is 0.0632. The lowest BCUT2D eigenvalue weighted by molar-refractivity contribution is -0.137. The molecule has 1 N–H and O–H groups in total. The van der Waals surface area contributed by atoms with Gasteiger partial charge in [-0.2, -0.15) is 0 Å². The number of hydrogen-bond acceptors (Lipinski definition) is 3. The van der Waals surface area contributed by atoms with Gasteiger partial charge in [-0.3, -0.25) is 14.6 Å². The molecule has 0 aliphatic heterocycles. The van der Waals surface area contributed by atoms with Gasteiger partial charge >= 0.3 is 5.97 Å². The Bertz CT molecular complexity index is 682. The molecule has 0 radical (unpaired) electrons. The van der Waals surface area contributed by atoms with Crippen molar-refractivity contribution in [2.45, 2.75) is 19.8 Å². The molecule has 0 spiro atoms. The first kappa shape index (κ1) is 15.0. The number of aryl methyl sites for hydroxylation is 1. The summed E-state index contributed by atoms with van der Waals surface area (Å²) in [6.45, 7) is 2.27. The summed E-state index contributed by atoms with van der Waals surface area (Å²) in [7, 11) is 1.69. The van der Waals surface area contributed by atoms with Gasteiger partial charge < -0.3 is 10.0 Å². The zero-order chi connectivity index (χ0) is 15.4. The number of aliphatic carboxylic acids is 1. The highest BCUT2D eigenvalue weighted by Gasteiger charge is 2.16. The molecule has 0 atom stereocenters. The van der Waals surface area contributed by atoms with Crippen LogP contribution in [-0.2, 0) is 4.79 Å². The van der Waals surface area contributed by atoms with Crippen molar-refractivity contribution in [1.29, 1.82) is 0 Å². The first-order valence-corrected chi connectivity index (χ1v) is 6.82. The Kier molecular flexibility index (Phi) is 4.52.